The van der Waals surface area contributed by atoms with Gasteiger partial charge in [0.05, 0.1) is 0 Å². The molecule has 0 aromatic carbocycles. The first-order chi connectivity index (χ1) is 13.8. The molecule has 160 valence electrons. The summed E-state index contributed by atoms with van der Waals surface area (Å²) in [6.07, 6.45) is 12.9. The van der Waals surface area contributed by atoms with Gasteiger partial charge in [0, 0.05) is 36.4 Å². The first kappa shape index (κ1) is 22.6. The number of carboxylic acids is 2. The standard InChI is InChI=1S/C21H30N2O6/c24-18(9-11-20(26)27)22-16-5-1-14(2-6-16)13-15-3-7-17(8-4-15)23-19(25)10-12-21(28)29/h9-12,14-17H,1-8,13H2,(H,22,24)(H,23,25)(H,26,27)(H,28,29)/b11-9-,12-10+. The maximum absolute atomic E-state index is 11.7. The van der Waals surface area contributed by atoms with E-state index < -0.39 is 11.9 Å². The van der Waals surface area contributed by atoms with E-state index in [2.05, 4.69) is 10.6 Å². The van der Waals surface area contributed by atoms with Gasteiger partial charge in [0.2, 0.25) is 11.8 Å². The third kappa shape index (κ3) is 8.93. The molecule has 8 nitrogen and oxygen atoms in total. The quantitative estimate of drug-likeness (QED) is 0.456. The van der Waals surface area contributed by atoms with Crippen LogP contribution in [-0.2, 0) is 19.2 Å². The predicted octanol–water partition coefficient (Wildman–Crippen LogP) is 2.01. The summed E-state index contributed by atoms with van der Waals surface area (Å²) in [4.78, 5) is 44.2. The molecule has 0 spiro atoms. The Balaban J connectivity index is 1.63. The maximum Gasteiger partial charge on any atom is 0.328 e. The summed E-state index contributed by atoms with van der Waals surface area (Å²) >= 11 is 0. The van der Waals surface area contributed by atoms with E-state index in [0.29, 0.717) is 11.8 Å². The van der Waals surface area contributed by atoms with E-state index in [1.54, 1.807) is 0 Å². The number of amides is 2. The van der Waals surface area contributed by atoms with Crippen LogP contribution in [0.1, 0.15) is 57.8 Å². The number of rotatable bonds is 8. The number of carbonyl (C=O) groups is 4. The molecule has 0 radical (unpaired) electrons. The molecule has 2 aliphatic carbocycles. The van der Waals surface area contributed by atoms with Gasteiger partial charge < -0.3 is 20.8 Å². The number of carbonyl (C=O) groups excluding carboxylic acids is 2. The molecule has 0 saturated heterocycles. The molecule has 0 bridgehead atoms. The SMILES string of the molecule is O=C(O)/C=C\C(=O)NC1CCC(CC2CCC(NC(=O)/C=C/C(=O)O)CC2)CC1. The third-order valence-electron chi connectivity index (χ3n) is 5.81. The van der Waals surface area contributed by atoms with Gasteiger partial charge in [-0.1, -0.05) is 0 Å². The van der Waals surface area contributed by atoms with E-state index in [1.807, 2.05) is 0 Å². The van der Waals surface area contributed by atoms with E-state index in [9.17, 15) is 19.2 Å². The highest BCUT2D eigenvalue weighted by Gasteiger charge is 2.27. The molecule has 0 aromatic heterocycles. The summed E-state index contributed by atoms with van der Waals surface area (Å²) in [5.74, 6) is -1.67. The van der Waals surface area contributed by atoms with Crippen molar-refractivity contribution in [2.45, 2.75) is 69.9 Å². The summed E-state index contributed by atoms with van der Waals surface area (Å²) < 4.78 is 0. The zero-order chi connectivity index (χ0) is 21.2. The zero-order valence-electron chi connectivity index (χ0n) is 16.5. The molecule has 2 fully saturated rings. The fourth-order valence-corrected chi connectivity index (χ4v) is 4.35. The summed E-state index contributed by atoms with van der Waals surface area (Å²) in [6, 6.07) is 0.226. The molecule has 2 aliphatic rings. The average molecular weight is 406 g/mol. The fourth-order valence-electron chi connectivity index (χ4n) is 4.35. The summed E-state index contributed by atoms with van der Waals surface area (Å²) in [5.41, 5.74) is 0. The number of aliphatic carboxylic acids is 2. The van der Waals surface area contributed by atoms with Gasteiger partial charge >= 0.3 is 11.9 Å². The lowest BCUT2D eigenvalue weighted by Gasteiger charge is -2.34. The highest BCUT2D eigenvalue weighted by Crippen LogP contribution is 2.35. The average Bonchev–Trinajstić information content (AvgIpc) is 2.68. The van der Waals surface area contributed by atoms with Gasteiger partial charge in [-0.05, 0) is 69.6 Å². The van der Waals surface area contributed by atoms with Crippen molar-refractivity contribution in [3.63, 3.8) is 0 Å². The van der Waals surface area contributed by atoms with Crippen molar-refractivity contribution in [2.75, 3.05) is 0 Å². The molecule has 2 rings (SSSR count). The van der Waals surface area contributed by atoms with Crippen molar-refractivity contribution in [2.24, 2.45) is 11.8 Å². The van der Waals surface area contributed by atoms with E-state index in [4.69, 9.17) is 10.2 Å². The van der Waals surface area contributed by atoms with Crippen LogP contribution in [-0.4, -0.2) is 46.0 Å². The van der Waals surface area contributed by atoms with Gasteiger partial charge in [0.1, 0.15) is 0 Å². The van der Waals surface area contributed by atoms with Gasteiger partial charge in [-0.25, -0.2) is 9.59 Å². The molecular formula is C21H30N2O6. The molecule has 0 atom stereocenters. The van der Waals surface area contributed by atoms with Crippen LogP contribution < -0.4 is 10.6 Å². The van der Waals surface area contributed by atoms with Gasteiger partial charge in [-0.2, -0.15) is 0 Å². The lowest BCUT2D eigenvalue weighted by atomic mass is 9.75. The Bertz CT molecular complexity index is 600. The lowest BCUT2D eigenvalue weighted by Crippen LogP contribution is -2.38. The van der Waals surface area contributed by atoms with E-state index >= 15 is 0 Å². The topological polar surface area (TPSA) is 133 Å². The first-order valence-corrected chi connectivity index (χ1v) is 10.2. The van der Waals surface area contributed by atoms with Crippen LogP contribution in [0.25, 0.3) is 0 Å². The number of carboxylic acid groups (broad SMARTS) is 2. The molecule has 0 heterocycles. The van der Waals surface area contributed by atoms with Crippen molar-refractivity contribution in [1.82, 2.24) is 10.6 Å². The Morgan fingerprint density at radius 1 is 0.621 bits per heavy atom. The predicted molar refractivity (Wildman–Crippen MR) is 106 cm³/mol. The van der Waals surface area contributed by atoms with Crippen molar-refractivity contribution in [3.05, 3.63) is 24.3 Å². The molecular weight excluding hydrogens is 376 g/mol. The maximum atomic E-state index is 11.7. The normalized spacial score (nSPS) is 27.6. The lowest BCUT2D eigenvalue weighted by molar-refractivity contribution is -0.132. The van der Waals surface area contributed by atoms with Crippen LogP contribution in [0.15, 0.2) is 24.3 Å². The highest BCUT2D eigenvalue weighted by atomic mass is 16.4. The van der Waals surface area contributed by atoms with Crippen molar-refractivity contribution in [3.8, 4) is 0 Å². The first-order valence-electron chi connectivity index (χ1n) is 10.2. The van der Waals surface area contributed by atoms with Crippen LogP contribution in [0, 0.1) is 11.8 Å². The van der Waals surface area contributed by atoms with Crippen LogP contribution in [0.4, 0.5) is 0 Å². The Labute approximate surface area is 170 Å². The fraction of sp³-hybridized carbons (Fsp3) is 0.619. The second-order valence-corrected chi connectivity index (χ2v) is 8.03. The number of hydrogen-bond donors (Lipinski definition) is 4. The van der Waals surface area contributed by atoms with Gasteiger partial charge in [-0.3, -0.25) is 9.59 Å². The largest absolute Gasteiger partial charge is 0.478 e. The van der Waals surface area contributed by atoms with Crippen LogP contribution in [0.3, 0.4) is 0 Å². The smallest absolute Gasteiger partial charge is 0.328 e. The minimum Gasteiger partial charge on any atom is -0.478 e. The van der Waals surface area contributed by atoms with Crippen LogP contribution >= 0.6 is 0 Å². The van der Waals surface area contributed by atoms with E-state index in [-0.39, 0.29) is 23.9 Å². The molecule has 0 aromatic rings. The Hall–Kier alpha value is -2.64. The van der Waals surface area contributed by atoms with Gasteiger partial charge in [0.25, 0.3) is 0 Å². The monoisotopic (exact) mass is 406 g/mol. The minimum atomic E-state index is -1.13. The molecule has 0 aliphatic heterocycles. The minimum absolute atomic E-state index is 0.113. The van der Waals surface area contributed by atoms with Gasteiger partial charge in [-0.15, -0.1) is 0 Å². The second-order valence-electron chi connectivity index (χ2n) is 8.03. The van der Waals surface area contributed by atoms with E-state index in [0.717, 1.165) is 75.7 Å². The molecule has 29 heavy (non-hydrogen) atoms. The molecule has 0 unspecified atom stereocenters. The Kier molecular flexibility index (Phi) is 8.89. The van der Waals surface area contributed by atoms with Crippen LogP contribution in [0.5, 0.6) is 0 Å². The van der Waals surface area contributed by atoms with Gasteiger partial charge in [0.15, 0.2) is 0 Å². The second kappa shape index (κ2) is 11.4. The van der Waals surface area contributed by atoms with Crippen molar-refractivity contribution < 1.29 is 29.4 Å². The van der Waals surface area contributed by atoms with Crippen LogP contribution in [0.2, 0.25) is 0 Å². The number of hydrogen-bond acceptors (Lipinski definition) is 4. The third-order valence-corrected chi connectivity index (χ3v) is 5.81. The van der Waals surface area contributed by atoms with Crippen molar-refractivity contribution >= 4 is 23.8 Å². The molecule has 2 saturated carbocycles. The Morgan fingerprint density at radius 3 is 1.28 bits per heavy atom. The number of nitrogens with one attached hydrogen (secondary N) is 2. The summed E-state index contributed by atoms with van der Waals surface area (Å²) in [6.45, 7) is 0. The molecule has 2 amide bonds. The highest BCUT2D eigenvalue weighted by molar-refractivity contribution is 5.94. The molecule has 4 N–H and O–H groups in total. The molecule has 8 heteroatoms. The zero-order valence-corrected chi connectivity index (χ0v) is 16.5. The van der Waals surface area contributed by atoms with Crippen molar-refractivity contribution in [1.29, 1.82) is 0 Å². The van der Waals surface area contributed by atoms with E-state index in [1.165, 1.54) is 6.42 Å². The Morgan fingerprint density at radius 2 is 0.966 bits per heavy atom. The summed E-state index contributed by atoms with van der Waals surface area (Å²) in [5, 5.41) is 22.8. The summed E-state index contributed by atoms with van der Waals surface area (Å²) in [7, 11) is 0.